The van der Waals surface area contributed by atoms with E-state index in [4.69, 9.17) is 18.9 Å². The molecule has 2 unspecified atom stereocenters. The van der Waals surface area contributed by atoms with E-state index >= 15 is 0 Å². The van der Waals surface area contributed by atoms with Gasteiger partial charge in [-0.3, -0.25) is 0 Å². The third-order valence-corrected chi connectivity index (χ3v) is 12.9. The zero-order chi connectivity index (χ0) is 26.1. The number of fused-ring (bicyclic) bond motifs is 1. The standard InChI is InChI=1S/C36H44O4/c1-2-4-30-29(3-1)31(35-11-21-5-22(12-35)7-23(6-21)13-35)34(40-20-28-18-38-28)32(33(30)39-19-27-17-37-27)36-14-24-8-25(15-36)10-26(9-24)16-36/h1-4,21-28H,5-20H2. The van der Waals surface area contributed by atoms with Gasteiger partial charge in [-0.25, -0.2) is 0 Å². The van der Waals surface area contributed by atoms with Gasteiger partial charge in [0.1, 0.15) is 36.9 Å². The van der Waals surface area contributed by atoms with Crippen molar-refractivity contribution in [1.29, 1.82) is 0 Å². The molecule has 4 heteroatoms. The Morgan fingerprint density at radius 2 is 0.950 bits per heavy atom. The molecule has 2 aromatic carbocycles. The van der Waals surface area contributed by atoms with E-state index in [1.165, 1.54) is 99.1 Å². The molecule has 2 aromatic rings. The van der Waals surface area contributed by atoms with Crippen molar-refractivity contribution in [1.82, 2.24) is 0 Å². The molecule has 0 spiro atoms. The van der Waals surface area contributed by atoms with E-state index in [0.717, 1.165) is 54.5 Å². The van der Waals surface area contributed by atoms with Crippen LogP contribution in [0.5, 0.6) is 11.5 Å². The highest BCUT2D eigenvalue weighted by atomic mass is 16.6. The van der Waals surface area contributed by atoms with Gasteiger partial charge in [-0.1, -0.05) is 24.3 Å². The molecule has 10 aliphatic rings. The van der Waals surface area contributed by atoms with Crippen LogP contribution in [0.25, 0.3) is 10.8 Å². The molecule has 0 N–H and O–H groups in total. The molecule has 2 heterocycles. The van der Waals surface area contributed by atoms with E-state index < -0.39 is 0 Å². The summed E-state index contributed by atoms with van der Waals surface area (Å²) in [6.07, 6.45) is 17.3. The minimum Gasteiger partial charge on any atom is -0.490 e. The van der Waals surface area contributed by atoms with Crippen LogP contribution in [0, 0.1) is 35.5 Å². The van der Waals surface area contributed by atoms with Crippen LogP contribution in [0.4, 0.5) is 0 Å². The van der Waals surface area contributed by atoms with Crippen LogP contribution in [0.1, 0.15) is 88.2 Å². The highest BCUT2D eigenvalue weighted by Gasteiger charge is 2.57. The minimum absolute atomic E-state index is 0.190. The fourth-order valence-corrected chi connectivity index (χ4v) is 12.2. The molecule has 2 atom stereocenters. The first kappa shape index (κ1) is 23.7. The first-order valence-corrected chi connectivity index (χ1v) is 16.7. The van der Waals surface area contributed by atoms with Gasteiger partial charge in [0.25, 0.3) is 0 Å². The van der Waals surface area contributed by atoms with Crippen LogP contribution in [0.2, 0.25) is 0 Å². The van der Waals surface area contributed by atoms with E-state index in [-0.39, 0.29) is 23.0 Å². The minimum atomic E-state index is 0.190. The number of hydrogen-bond acceptors (Lipinski definition) is 4. The lowest BCUT2D eigenvalue weighted by molar-refractivity contribution is -0.0112. The largest absolute Gasteiger partial charge is 0.490 e. The van der Waals surface area contributed by atoms with Gasteiger partial charge in [0.15, 0.2) is 0 Å². The van der Waals surface area contributed by atoms with Crippen molar-refractivity contribution in [2.24, 2.45) is 35.5 Å². The number of benzene rings is 2. The molecule has 2 saturated heterocycles. The van der Waals surface area contributed by atoms with Gasteiger partial charge in [0, 0.05) is 27.3 Å². The summed E-state index contributed by atoms with van der Waals surface area (Å²) in [6.45, 7) is 3.02. The zero-order valence-corrected chi connectivity index (χ0v) is 23.9. The van der Waals surface area contributed by atoms with E-state index in [2.05, 4.69) is 24.3 Å². The Morgan fingerprint density at radius 1 is 0.550 bits per heavy atom. The van der Waals surface area contributed by atoms with E-state index in [1.807, 2.05) is 0 Å². The van der Waals surface area contributed by atoms with Gasteiger partial charge in [-0.05, 0) is 118 Å². The third-order valence-electron chi connectivity index (χ3n) is 12.9. The van der Waals surface area contributed by atoms with Gasteiger partial charge >= 0.3 is 0 Å². The summed E-state index contributed by atoms with van der Waals surface area (Å²) in [6, 6.07) is 9.29. The van der Waals surface area contributed by atoms with Crippen molar-refractivity contribution in [2.45, 2.75) is 100 Å². The molecule has 12 rings (SSSR count). The summed E-state index contributed by atoms with van der Waals surface area (Å²) in [5.41, 5.74) is 3.51. The average molecular weight is 541 g/mol. The van der Waals surface area contributed by atoms with E-state index in [1.54, 1.807) is 5.56 Å². The second kappa shape index (κ2) is 8.40. The van der Waals surface area contributed by atoms with Crippen LogP contribution in [0.3, 0.4) is 0 Å². The molecule has 0 radical (unpaired) electrons. The predicted octanol–water partition coefficient (Wildman–Crippen LogP) is 7.33. The first-order chi connectivity index (χ1) is 19.6. The van der Waals surface area contributed by atoms with Gasteiger partial charge in [-0.15, -0.1) is 0 Å². The monoisotopic (exact) mass is 540 g/mol. The van der Waals surface area contributed by atoms with Crippen molar-refractivity contribution in [2.75, 3.05) is 26.4 Å². The fourth-order valence-electron chi connectivity index (χ4n) is 12.2. The van der Waals surface area contributed by atoms with Gasteiger partial charge in [-0.2, -0.15) is 0 Å². The predicted molar refractivity (Wildman–Crippen MR) is 154 cm³/mol. The van der Waals surface area contributed by atoms with Crippen LogP contribution in [-0.2, 0) is 20.3 Å². The second-order valence-corrected chi connectivity index (χ2v) is 15.9. The molecule has 8 bridgehead atoms. The Bertz CT molecular complexity index is 1280. The molecule has 4 nitrogen and oxygen atoms in total. The summed E-state index contributed by atoms with van der Waals surface area (Å²) < 4.78 is 25.6. The van der Waals surface area contributed by atoms with Crippen LogP contribution in [-0.4, -0.2) is 38.6 Å². The number of epoxide rings is 2. The van der Waals surface area contributed by atoms with Crippen molar-refractivity contribution < 1.29 is 18.9 Å². The Balaban J connectivity index is 1.24. The van der Waals surface area contributed by atoms with E-state index in [0.29, 0.717) is 13.2 Å². The molecule has 0 amide bonds. The Hall–Kier alpha value is -1.78. The maximum atomic E-state index is 7.21. The van der Waals surface area contributed by atoms with Gasteiger partial charge < -0.3 is 18.9 Å². The fraction of sp³-hybridized carbons (Fsp3) is 0.722. The Labute approximate surface area is 238 Å². The summed E-state index contributed by atoms with van der Waals surface area (Å²) in [7, 11) is 0. The lowest BCUT2D eigenvalue weighted by atomic mass is 9.46. The Morgan fingerprint density at radius 3 is 1.40 bits per heavy atom. The molecule has 40 heavy (non-hydrogen) atoms. The molecular formula is C36H44O4. The van der Waals surface area contributed by atoms with Gasteiger partial charge in [0.2, 0.25) is 0 Å². The van der Waals surface area contributed by atoms with Gasteiger partial charge in [0.05, 0.1) is 13.2 Å². The lowest BCUT2D eigenvalue weighted by Gasteiger charge is -2.59. The Kier molecular flexibility index (Phi) is 4.99. The van der Waals surface area contributed by atoms with Crippen LogP contribution >= 0.6 is 0 Å². The summed E-state index contributed by atoms with van der Waals surface area (Å²) in [5.74, 6) is 7.72. The highest BCUT2D eigenvalue weighted by Crippen LogP contribution is 2.68. The van der Waals surface area contributed by atoms with Crippen LogP contribution in [0.15, 0.2) is 24.3 Å². The smallest absolute Gasteiger partial charge is 0.134 e. The topological polar surface area (TPSA) is 43.5 Å². The van der Waals surface area contributed by atoms with E-state index in [9.17, 15) is 0 Å². The molecule has 212 valence electrons. The zero-order valence-electron chi connectivity index (χ0n) is 23.9. The third kappa shape index (κ3) is 3.63. The summed E-state index contributed by atoms with van der Waals surface area (Å²) in [5, 5.41) is 2.76. The van der Waals surface area contributed by atoms with Crippen LogP contribution < -0.4 is 9.47 Å². The number of ether oxygens (including phenoxy) is 4. The van der Waals surface area contributed by atoms with Crippen molar-refractivity contribution in [3.05, 3.63) is 35.4 Å². The molecule has 2 aliphatic heterocycles. The summed E-state index contributed by atoms with van der Waals surface area (Å²) in [4.78, 5) is 0. The molecule has 0 aromatic heterocycles. The second-order valence-electron chi connectivity index (χ2n) is 15.9. The lowest BCUT2D eigenvalue weighted by Crippen LogP contribution is -2.50. The molecular weight excluding hydrogens is 496 g/mol. The number of hydrogen-bond donors (Lipinski definition) is 0. The first-order valence-electron chi connectivity index (χ1n) is 16.7. The molecule has 8 aliphatic carbocycles. The maximum absolute atomic E-state index is 7.21. The number of rotatable bonds is 8. The van der Waals surface area contributed by atoms with Crippen molar-refractivity contribution in [3.63, 3.8) is 0 Å². The average Bonchev–Trinajstić information content (AvgIpc) is 3.84. The molecule has 8 saturated carbocycles. The molecule has 10 fully saturated rings. The highest BCUT2D eigenvalue weighted by molar-refractivity contribution is 5.96. The SMILES string of the molecule is c1ccc2c(C34CC5CC(CC(C5)C3)C4)c(OCC3CO3)c(C34CC5CC(CC(C5)C3)C4)c(OCC3CO3)c2c1. The van der Waals surface area contributed by atoms with Crippen molar-refractivity contribution >= 4 is 10.8 Å². The quantitative estimate of drug-likeness (QED) is 0.329. The van der Waals surface area contributed by atoms with Crippen molar-refractivity contribution in [3.8, 4) is 11.5 Å². The summed E-state index contributed by atoms with van der Waals surface area (Å²) >= 11 is 0. The normalized spacial score (nSPS) is 45.3. The maximum Gasteiger partial charge on any atom is 0.134 e.